The molecule has 0 aromatic carbocycles. The quantitative estimate of drug-likeness (QED) is 0.858. The van der Waals surface area contributed by atoms with E-state index in [1.807, 2.05) is 6.20 Å². The maximum absolute atomic E-state index is 4.31. The Morgan fingerprint density at radius 1 is 1.24 bits per heavy atom. The molecule has 0 bridgehead atoms. The van der Waals surface area contributed by atoms with Gasteiger partial charge in [-0.2, -0.15) is 0 Å². The molecule has 4 heteroatoms. The number of hydrogen-bond acceptors (Lipinski definition) is 4. The van der Waals surface area contributed by atoms with Crippen LogP contribution in [0, 0.1) is 0 Å². The van der Waals surface area contributed by atoms with E-state index in [4.69, 9.17) is 0 Å². The van der Waals surface area contributed by atoms with Crippen molar-refractivity contribution in [1.29, 1.82) is 0 Å². The van der Waals surface area contributed by atoms with Crippen LogP contribution in [0.4, 0.5) is 11.5 Å². The molecule has 2 rings (SSSR count). The summed E-state index contributed by atoms with van der Waals surface area (Å²) < 4.78 is 0. The minimum Gasteiger partial charge on any atom is -0.370 e. The molecule has 0 spiro atoms. The number of rotatable bonds is 4. The van der Waals surface area contributed by atoms with Gasteiger partial charge in [0.15, 0.2) is 0 Å². The van der Waals surface area contributed by atoms with E-state index in [1.165, 1.54) is 5.69 Å². The molecule has 1 aliphatic rings. The monoisotopic (exact) mass is 234 g/mol. The molecule has 94 valence electrons. The van der Waals surface area contributed by atoms with Crippen molar-refractivity contribution in [3.63, 3.8) is 0 Å². The van der Waals surface area contributed by atoms with Gasteiger partial charge >= 0.3 is 0 Å². The van der Waals surface area contributed by atoms with Crippen molar-refractivity contribution in [2.24, 2.45) is 0 Å². The van der Waals surface area contributed by atoms with Crippen molar-refractivity contribution in [1.82, 2.24) is 9.88 Å². The van der Waals surface area contributed by atoms with Crippen molar-refractivity contribution in [2.75, 3.05) is 49.5 Å². The minimum absolute atomic E-state index is 0.917. The maximum Gasteiger partial charge on any atom is 0.127 e. The number of aromatic nitrogens is 1. The molecule has 0 saturated carbocycles. The van der Waals surface area contributed by atoms with Crippen LogP contribution in [0.3, 0.4) is 0 Å². The lowest BCUT2D eigenvalue weighted by atomic mass is 10.2. The fourth-order valence-electron chi connectivity index (χ4n) is 2.22. The lowest BCUT2D eigenvalue weighted by Crippen LogP contribution is -2.46. The van der Waals surface area contributed by atoms with E-state index < -0.39 is 0 Å². The highest BCUT2D eigenvalue weighted by Crippen LogP contribution is 2.18. The molecule has 2 heterocycles. The van der Waals surface area contributed by atoms with E-state index in [0.29, 0.717) is 0 Å². The van der Waals surface area contributed by atoms with Crippen molar-refractivity contribution in [3.8, 4) is 0 Å². The van der Waals surface area contributed by atoms with E-state index in [0.717, 1.165) is 45.1 Å². The Morgan fingerprint density at radius 2 is 2.00 bits per heavy atom. The standard InChI is InChI=1S/C13H22N4/c1-3-14-13-11-12(5-6-15-13)17-9-7-16(4-2)8-10-17/h5-6,11H,3-4,7-10H2,1-2H3,(H,14,15). The number of pyridine rings is 1. The molecule has 1 saturated heterocycles. The highest BCUT2D eigenvalue weighted by Gasteiger charge is 2.15. The van der Waals surface area contributed by atoms with Gasteiger partial charge in [-0.25, -0.2) is 4.98 Å². The summed E-state index contributed by atoms with van der Waals surface area (Å²) in [6.07, 6.45) is 1.89. The van der Waals surface area contributed by atoms with Gasteiger partial charge in [0.25, 0.3) is 0 Å². The molecule has 0 atom stereocenters. The summed E-state index contributed by atoms with van der Waals surface area (Å²) in [5.74, 6) is 0.975. The average molecular weight is 234 g/mol. The summed E-state index contributed by atoms with van der Waals surface area (Å²) in [5.41, 5.74) is 1.28. The van der Waals surface area contributed by atoms with Crippen LogP contribution < -0.4 is 10.2 Å². The third-order valence-corrected chi connectivity index (χ3v) is 3.29. The highest BCUT2D eigenvalue weighted by molar-refractivity contribution is 5.54. The smallest absolute Gasteiger partial charge is 0.127 e. The lowest BCUT2D eigenvalue weighted by molar-refractivity contribution is 0.271. The second-order valence-corrected chi connectivity index (χ2v) is 4.35. The van der Waals surface area contributed by atoms with E-state index in [9.17, 15) is 0 Å². The number of hydrogen-bond donors (Lipinski definition) is 1. The van der Waals surface area contributed by atoms with Gasteiger partial charge in [-0.15, -0.1) is 0 Å². The van der Waals surface area contributed by atoms with E-state index in [2.05, 4.69) is 46.1 Å². The molecule has 0 unspecified atom stereocenters. The zero-order valence-electron chi connectivity index (χ0n) is 10.8. The zero-order chi connectivity index (χ0) is 12.1. The molecule has 0 radical (unpaired) electrons. The molecular formula is C13H22N4. The van der Waals surface area contributed by atoms with Gasteiger partial charge in [0.05, 0.1) is 0 Å². The largest absolute Gasteiger partial charge is 0.370 e. The van der Waals surface area contributed by atoms with Crippen LogP contribution in [0.1, 0.15) is 13.8 Å². The summed E-state index contributed by atoms with van der Waals surface area (Å²) in [4.78, 5) is 9.24. The van der Waals surface area contributed by atoms with Crippen LogP contribution in [0.25, 0.3) is 0 Å². The molecule has 1 aromatic rings. The normalized spacial score (nSPS) is 17.2. The number of nitrogens with one attached hydrogen (secondary N) is 1. The van der Waals surface area contributed by atoms with E-state index >= 15 is 0 Å². The van der Waals surface area contributed by atoms with Gasteiger partial charge < -0.3 is 15.1 Å². The Labute approximate surface area is 104 Å². The number of anilines is 2. The lowest BCUT2D eigenvalue weighted by Gasteiger charge is -2.35. The highest BCUT2D eigenvalue weighted by atomic mass is 15.3. The molecule has 1 aromatic heterocycles. The topological polar surface area (TPSA) is 31.4 Å². The summed E-state index contributed by atoms with van der Waals surface area (Å²) in [5, 5.41) is 3.26. The average Bonchev–Trinajstić information content (AvgIpc) is 2.40. The van der Waals surface area contributed by atoms with Crippen LogP contribution >= 0.6 is 0 Å². The Kier molecular flexibility index (Phi) is 4.20. The fraction of sp³-hybridized carbons (Fsp3) is 0.615. The molecule has 0 amide bonds. The maximum atomic E-state index is 4.31. The third kappa shape index (κ3) is 3.09. The predicted molar refractivity (Wildman–Crippen MR) is 72.7 cm³/mol. The van der Waals surface area contributed by atoms with Gasteiger partial charge in [-0.3, -0.25) is 0 Å². The Hall–Kier alpha value is -1.29. The molecule has 1 N–H and O–H groups in total. The molecule has 17 heavy (non-hydrogen) atoms. The van der Waals surface area contributed by atoms with Gasteiger partial charge in [-0.05, 0) is 19.5 Å². The molecule has 0 aliphatic carbocycles. The summed E-state index contributed by atoms with van der Waals surface area (Å²) >= 11 is 0. The van der Waals surface area contributed by atoms with Crippen molar-refractivity contribution in [3.05, 3.63) is 18.3 Å². The second-order valence-electron chi connectivity index (χ2n) is 4.35. The van der Waals surface area contributed by atoms with Crippen LogP contribution in [0.5, 0.6) is 0 Å². The van der Waals surface area contributed by atoms with E-state index in [1.54, 1.807) is 0 Å². The SMILES string of the molecule is CCNc1cc(N2CCN(CC)CC2)ccn1. The number of likely N-dealkylation sites (N-methyl/N-ethyl adjacent to an activating group) is 1. The van der Waals surface area contributed by atoms with Crippen LogP contribution in [0.2, 0.25) is 0 Å². The van der Waals surface area contributed by atoms with E-state index in [-0.39, 0.29) is 0 Å². The Morgan fingerprint density at radius 3 is 2.65 bits per heavy atom. The fourth-order valence-corrected chi connectivity index (χ4v) is 2.22. The first-order chi connectivity index (χ1) is 8.33. The summed E-state index contributed by atoms with van der Waals surface area (Å²) in [6, 6.07) is 4.24. The Balaban J connectivity index is 2.00. The number of piperazine rings is 1. The summed E-state index contributed by atoms with van der Waals surface area (Å²) in [7, 11) is 0. The number of nitrogens with zero attached hydrogens (tertiary/aromatic N) is 3. The van der Waals surface area contributed by atoms with Crippen molar-refractivity contribution >= 4 is 11.5 Å². The molecular weight excluding hydrogens is 212 g/mol. The molecule has 4 nitrogen and oxygen atoms in total. The third-order valence-electron chi connectivity index (χ3n) is 3.29. The Bertz CT molecular complexity index is 345. The second kappa shape index (κ2) is 5.87. The van der Waals surface area contributed by atoms with Crippen molar-refractivity contribution < 1.29 is 0 Å². The summed E-state index contributed by atoms with van der Waals surface area (Å²) in [6.45, 7) is 10.9. The van der Waals surface area contributed by atoms with Crippen LogP contribution in [0.15, 0.2) is 18.3 Å². The molecule has 1 aliphatic heterocycles. The first kappa shape index (κ1) is 12.2. The minimum atomic E-state index is 0.917. The van der Waals surface area contributed by atoms with Gasteiger partial charge in [-0.1, -0.05) is 6.92 Å². The molecule has 1 fully saturated rings. The van der Waals surface area contributed by atoms with Gasteiger partial charge in [0.1, 0.15) is 5.82 Å². The van der Waals surface area contributed by atoms with Gasteiger partial charge in [0, 0.05) is 50.7 Å². The predicted octanol–water partition coefficient (Wildman–Crippen LogP) is 1.66. The zero-order valence-corrected chi connectivity index (χ0v) is 10.8. The van der Waals surface area contributed by atoms with Crippen molar-refractivity contribution in [2.45, 2.75) is 13.8 Å². The first-order valence-electron chi connectivity index (χ1n) is 6.50. The first-order valence-corrected chi connectivity index (χ1v) is 6.50. The van der Waals surface area contributed by atoms with Crippen LogP contribution in [-0.2, 0) is 0 Å². The van der Waals surface area contributed by atoms with Crippen LogP contribution in [-0.4, -0.2) is 49.2 Å². The van der Waals surface area contributed by atoms with Gasteiger partial charge in [0.2, 0.25) is 0 Å².